The molecule has 0 saturated carbocycles. The van der Waals surface area contributed by atoms with Gasteiger partial charge in [0.2, 0.25) is 0 Å². The summed E-state index contributed by atoms with van der Waals surface area (Å²) in [7, 11) is 1.53. The third-order valence-electron chi connectivity index (χ3n) is 3.07. The summed E-state index contributed by atoms with van der Waals surface area (Å²) in [5, 5.41) is 11.9. The van der Waals surface area contributed by atoms with Crippen LogP contribution in [0.5, 0.6) is 0 Å². The highest BCUT2D eigenvalue weighted by Gasteiger charge is 2.17. The van der Waals surface area contributed by atoms with E-state index in [4.69, 9.17) is 5.11 Å². The highest BCUT2D eigenvalue weighted by molar-refractivity contribution is 6.05. The quantitative estimate of drug-likeness (QED) is 0.908. The molecule has 0 atom stereocenters. The Morgan fingerprint density at radius 3 is 2.48 bits per heavy atom. The second-order valence-electron chi connectivity index (χ2n) is 4.68. The lowest BCUT2D eigenvalue weighted by Crippen LogP contribution is -2.32. The first kappa shape index (κ1) is 14.6. The van der Waals surface area contributed by atoms with Crippen LogP contribution in [0.2, 0.25) is 0 Å². The number of carbonyl (C=O) groups excluding carboxylic acids is 1. The number of nitrogens with zero attached hydrogens (tertiary/aromatic N) is 1. The zero-order valence-corrected chi connectivity index (χ0v) is 11.8. The highest BCUT2D eigenvalue weighted by atomic mass is 16.4. The van der Waals surface area contributed by atoms with E-state index < -0.39 is 12.0 Å². The molecule has 2 aromatic rings. The lowest BCUT2D eigenvalue weighted by atomic mass is 10.1. The molecule has 0 aliphatic rings. The van der Waals surface area contributed by atoms with Gasteiger partial charge in [-0.15, -0.1) is 0 Å². The number of carboxylic acid groups (broad SMARTS) is 1. The van der Waals surface area contributed by atoms with Crippen LogP contribution < -0.4 is 10.2 Å². The minimum atomic E-state index is -1.07. The Bertz CT molecular complexity index is 683. The second-order valence-corrected chi connectivity index (χ2v) is 4.68. The van der Waals surface area contributed by atoms with E-state index in [0.29, 0.717) is 11.4 Å². The molecule has 0 bridgehead atoms. The molecule has 0 spiro atoms. The Labute approximate surface area is 122 Å². The lowest BCUT2D eigenvalue weighted by molar-refractivity contribution is 0.0697. The number of para-hydroxylation sites is 1. The van der Waals surface area contributed by atoms with Gasteiger partial charge in [-0.2, -0.15) is 0 Å². The molecule has 5 nitrogen and oxygen atoms in total. The van der Waals surface area contributed by atoms with Gasteiger partial charge < -0.3 is 10.4 Å². The van der Waals surface area contributed by atoms with Gasteiger partial charge in [0.15, 0.2) is 0 Å². The minimum Gasteiger partial charge on any atom is -0.478 e. The predicted octanol–water partition coefficient (Wildman–Crippen LogP) is 3.36. The summed E-state index contributed by atoms with van der Waals surface area (Å²) >= 11 is 0. The summed E-state index contributed by atoms with van der Waals surface area (Å²) < 4.78 is 0. The van der Waals surface area contributed by atoms with E-state index in [-0.39, 0.29) is 5.56 Å². The first-order valence-corrected chi connectivity index (χ1v) is 6.42. The molecule has 0 aromatic heterocycles. The number of aromatic carboxylic acids is 1. The number of aryl methyl sites for hydroxylation is 1. The topological polar surface area (TPSA) is 69.6 Å². The average molecular weight is 284 g/mol. The van der Waals surface area contributed by atoms with E-state index in [0.717, 1.165) is 5.56 Å². The van der Waals surface area contributed by atoms with Gasteiger partial charge in [-0.05, 0) is 36.8 Å². The standard InChI is InChI=1S/C16H16N2O3/c1-11-6-5-7-12(10-11)17-16(21)18(2)14-9-4-3-8-13(14)15(19)20/h3-10H,1-2H3,(H,17,21)(H,19,20). The fraction of sp³-hybridized carbons (Fsp3) is 0.125. The first-order chi connectivity index (χ1) is 9.99. The van der Waals surface area contributed by atoms with E-state index in [1.807, 2.05) is 25.1 Å². The Kier molecular flexibility index (Phi) is 4.23. The number of urea groups is 1. The molecule has 2 amide bonds. The Hall–Kier alpha value is -2.82. The summed E-state index contributed by atoms with van der Waals surface area (Å²) in [5.74, 6) is -1.07. The van der Waals surface area contributed by atoms with Crippen molar-refractivity contribution in [1.82, 2.24) is 0 Å². The molecule has 2 aromatic carbocycles. The van der Waals surface area contributed by atoms with Crippen LogP contribution in [-0.4, -0.2) is 24.2 Å². The smallest absolute Gasteiger partial charge is 0.337 e. The Morgan fingerprint density at radius 2 is 1.81 bits per heavy atom. The normalized spacial score (nSPS) is 10.0. The molecule has 21 heavy (non-hydrogen) atoms. The monoisotopic (exact) mass is 284 g/mol. The van der Waals surface area contributed by atoms with Gasteiger partial charge in [0.05, 0.1) is 11.3 Å². The van der Waals surface area contributed by atoms with Gasteiger partial charge in [0.25, 0.3) is 0 Å². The van der Waals surface area contributed by atoms with E-state index in [9.17, 15) is 9.59 Å². The Morgan fingerprint density at radius 1 is 1.10 bits per heavy atom. The van der Waals surface area contributed by atoms with E-state index in [1.165, 1.54) is 18.0 Å². The molecule has 2 rings (SSSR count). The van der Waals surface area contributed by atoms with Crippen LogP contribution in [-0.2, 0) is 0 Å². The average Bonchev–Trinajstić information content (AvgIpc) is 2.46. The van der Waals surface area contributed by atoms with Crippen molar-refractivity contribution in [1.29, 1.82) is 0 Å². The van der Waals surface area contributed by atoms with Crippen LogP contribution in [0.3, 0.4) is 0 Å². The zero-order valence-electron chi connectivity index (χ0n) is 11.8. The van der Waals surface area contributed by atoms with Crippen LogP contribution in [0.4, 0.5) is 16.2 Å². The summed E-state index contributed by atoms with van der Waals surface area (Å²) in [4.78, 5) is 24.7. The molecule has 0 unspecified atom stereocenters. The van der Waals surface area contributed by atoms with Crippen molar-refractivity contribution in [3.05, 3.63) is 59.7 Å². The largest absolute Gasteiger partial charge is 0.478 e. The number of carboxylic acids is 1. The van der Waals surface area contributed by atoms with Crippen molar-refractivity contribution in [2.24, 2.45) is 0 Å². The van der Waals surface area contributed by atoms with Crippen molar-refractivity contribution in [2.75, 3.05) is 17.3 Å². The van der Waals surface area contributed by atoms with Gasteiger partial charge in [-0.25, -0.2) is 9.59 Å². The molecule has 0 saturated heterocycles. The number of amides is 2. The van der Waals surface area contributed by atoms with Crippen LogP contribution in [0.25, 0.3) is 0 Å². The van der Waals surface area contributed by atoms with Gasteiger partial charge in [-0.1, -0.05) is 24.3 Å². The predicted molar refractivity (Wildman–Crippen MR) is 82.0 cm³/mol. The van der Waals surface area contributed by atoms with Gasteiger partial charge in [-0.3, -0.25) is 4.90 Å². The number of carbonyl (C=O) groups is 2. The number of benzene rings is 2. The summed E-state index contributed by atoms with van der Waals surface area (Å²) in [5.41, 5.74) is 2.12. The fourth-order valence-corrected chi connectivity index (χ4v) is 1.99. The molecule has 0 radical (unpaired) electrons. The third kappa shape index (κ3) is 3.39. The maximum atomic E-state index is 12.2. The Balaban J connectivity index is 2.22. The molecule has 0 fully saturated rings. The number of nitrogens with one attached hydrogen (secondary N) is 1. The highest BCUT2D eigenvalue weighted by Crippen LogP contribution is 2.20. The van der Waals surface area contributed by atoms with Crippen LogP contribution in [0.1, 0.15) is 15.9 Å². The molecule has 0 heterocycles. The molecule has 108 valence electrons. The van der Waals surface area contributed by atoms with Gasteiger partial charge in [0.1, 0.15) is 0 Å². The number of anilines is 2. The maximum absolute atomic E-state index is 12.2. The molecular formula is C16H16N2O3. The van der Waals surface area contributed by atoms with Crippen molar-refractivity contribution in [2.45, 2.75) is 6.92 Å². The molecule has 0 aliphatic carbocycles. The van der Waals surface area contributed by atoms with Crippen LogP contribution in [0.15, 0.2) is 48.5 Å². The SMILES string of the molecule is Cc1cccc(NC(=O)N(C)c2ccccc2C(=O)O)c1. The first-order valence-electron chi connectivity index (χ1n) is 6.42. The fourth-order valence-electron chi connectivity index (χ4n) is 1.99. The number of rotatable bonds is 3. The number of hydrogen-bond donors (Lipinski definition) is 2. The van der Waals surface area contributed by atoms with Gasteiger partial charge >= 0.3 is 12.0 Å². The molecule has 0 aliphatic heterocycles. The van der Waals surface area contributed by atoms with E-state index in [2.05, 4.69) is 5.32 Å². The molecule has 2 N–H and O–H groups in total. The zero-order chi connectivity index (χ0) is 15.4. The maximum Gasteiger partial charge on any atom is 0.337 e. The van der Waals surface area contributed by atoms with Crippen molar-refractivity contribution < 1.29 is 14.7 Å². The van der Waals surface area contributed by atoms with Crippen LogP contribution in [0, 0.1) is 6.92 Å². The summed E-state index contributed by atoms with van der Waals surface area (Å²) in [6, 6.07) is 13.4. The number of hydrogen-bond acceptors (Lipinski definition) is 2. The van der Waals surface area contributed by atoms with Crippen molar-refractivity contribution in [3.63, 3.8) is 0 Å². The van der Waals surface area contributed by atoms with Crippen LogP contribution >= 0.6 is 0 Å². The van der Waals surface area contributed by atoms with E-state index >= 15 is 0 Å². The summed E-state index contributed by atoms with van der Waals surface area (Å²) in [6.45, 7) is 1.93. The second kappa shape index (κ2) is 6.09. The van der Waals surface area contributed by atoms with E-state index in [1.54, 1.807) is 24.3 Å². The van der Waals surface area contributed by atoms with Gasteiger partial charge in [0, 0.05) is 12.7 Å². The minimum absolute atomic E-state index is 0.0828. The van der Waals surface area contributed by atoms with Crippen molar-refractivity contribution >= 4 is 23.4 Å². The van der Waals surface area contributed by atoms with Crippen molar-refractivity contribution in [3.8, 4) is 0 Å². The summed E-state index contributed by atoms with van der Waals surface area (Å²) in [6.07, 6.45) is 0. The molecular weight excluding hydrogens is 268 g/mol. The molecule has 5 heteroatoms. The lowest BCUT2D eigenvalue weighted by Gasteiger charge is -2.20. The third-order valence-corrected chi connectivity index (χ3v) is 3.07.